The second-order valence-electron chi connectivity index (χ2n) is 5.71. The molecule has 2 N–H and O–H groups in total. The summed E-state index contributed by atoms with van der Waals surface area (Å²) in [5.74, 6) is -0.110. The molecule has 19 heavy (non-hydrogen) atoms. The van der Waals surface area contributed by atoms with Crippen LogP contribution in [0, 0.1) is 0 Å². The Morgan fingerprint density at radius 2 is 2.21 bits per heavy atom. The van der Waals surface area contributed by atoms with E-state index in [1.165, 1.54) is 0 Å². The van der Waals surface area contributed by atoms with E-state index in [1.807, 2.05) is 20.8 Å². The van der Waals surface area contributed by atoms with Crippen LogP contribution in [0.2, 0.25) is 0 Å². The number of piperidine rings is 1. The van der Waals surface area contributed by atoms with Crippen molar-refractivity contribution in [2.75, 3.05) is 6.54 Å². The highest BCUT2D eigenvalue weighted by Gasteiger charge is 2.28. The fraction of sp³-hybridized carbons (Fsp3) is 0.667. The Bertz CT molecular complexity index is 482. The predicted octanol–water partition coefficient (Wildman–Crippen LogP) is 0.844. The molecule has 1 atom stereocenters. The van der Waals surface area contributed by atoms with Crippen LogP contribution in [-0.4, -0.2) is 34.0 Å². The molecule has 6 nitrogen and oxygen atoms in total. The first-order valence-corrected chi connectivity index (χ1v) is 7.05. The molecule has 2 amide bonds. The molecule has 0 spiro atoms. The fourth-order valence-electron chi connectivity index (χ4n) is 1.94. The van der Waals surface area contributed by atoms with Crippen molar-refractivity contribution in [3.05, 3.63) is 10.6 Å². The van der Waals surface area contributed by atoms with Crippen molar-refractivity contribution in [2.24, 2.45) is 0 Å². The molecule has 7 heteroatoms. The molecule has 1 aromatic rings. The van der Waals surface area contributed by atoms with Gasteiger partial charge in [-0.1, -0.05) is 25.3 Å². The Kier molecular flexibility index (Phi) is 3.84. The monoisotopic (exact) mass is 282 g/mol. The molecule has 2 heterocycles. The molecule has 104 valence electrons. The molecule has 0 radical (unpaired) electrons. The molecular formula is C12H18N4O2S. The van der Waals surface area contributed by atoms with Crippen molar-refractivity contribution in [3.63, 3.8) is 0 Å². The van der Waals surface area contributed by atoms with Gasteiger partial charge in [-0.15, -0.1) is 5.10 Å². The Morgan fingerprint density at radius 3 is 2.79 bits per heavy atom. The third kappa shape index (κ3) is 3.28. The number of carbonyl (C=O) groups is 2. The lowest BCUT2D eigenvalue weighted by Gasteiger charge is -2.24. The van der Waals surface area contributed by atoms with E-state index in [4.69, 9.17) is 0 Å². The van der Waals surface area contributed by atoms with E-state index in [0.717, 1.165) is 17.2 Å². The van der Waals surface area contributed by atoms with Gasteiger partial charge in [0.05, 0.1) is 5.69 Å². The van der Waals surface area contributed by atoms with Crippen LogP contribution in [0.15, 0.2) is 0 Å². The van der Waals surface area contributed by atoms with Gasteiger partial charge in [-0.25, -0.2) is 0 Å². The first-order chi connectivity index (χ1) is 8.88. The van der Waals surface area contributed by atoms with E-state index in [0.29, 0.717) is 24.3 Å². The van der Waals surface area contributed by atoms with Gasteiger partial charge in [0, 0.05) is 24.4 Å². The summed E-state index contributed by atoms with van der Waals surface area (Å²) in [6.45, 7) is 6.49. The highest BCUT2D eigenvalue weighted by molar-refractivity contribution is 7.08. The minimum absolute atomic E-state index is 0.0138. The van der Waals surface area contributed by atoms with Gasteiger partial charge >= 0.3 is 0 Å². The summed E-state index contributed by atoms with van der Waals surface area (Å²) in [5, 5.41) is 9.73. The summed E-state index contributed by atoms with van der Waals surface area (Å²) in [7, 11) is 0. The van der Waals surface area contributed by atoms with Crippen LogP contribution >= 0.6 is 11.5 Å². The molecule has 1 fully saturated rings. The highest BCUT2D eigenvalue weighted by Crippen LogP contribution is 2.25. The quantitative estimate of drug-likeness (QED) is 0.842. The molecule has 2 rings (SSSR count). The van der Waals surface area contributed by atoms with Gasteiger partial charge in [-0.3, -0.25) is 9.59 Å². The fourth-order valence-corrected chi connectivity index (χ4v) is 2.72. The summed E-state index contributed by atoms with van der Waals surface area (Å²) in [6.07, 6.45) is 1.13. The molecule has 0 aromatic carbocycles. The molecule has 0 aliphatic carbocycles. The van der Waals surface area contributed by atoms with E-state index in [9.17, 15) is 9.59 Å². The van der Waals surface area contributed by atoms with Crippen LogP contribution in [-0.2, 0) is 10.2 Å². The third-order valence-electron chi connectivity index (χ3n) is 3.01. The average molecular weight is 282 g/mol. The number of nitrogens with one attached hydrogen (secondary N) is 2. The lowest BCUT2D eigenvalue weighted by molar-refractivity contribution is -0.122. The minimum atomic E-state index is -0.208. The van der Waals surface area contributed by atoms with Crippen molar-refractivity contribution in [1.29, 1.82) is 0 Å². The number of hydrogen-bond donors (Lipinski definition) is 2. The molecule has 1 aromatic heterocycles. The van der Waals surface area contributed by atoms with E-state index < -0.39 is 0 Å². The zero-order valence-corrected chi connectivity index (χ0v) is 12.1. The molecule has 1 unspecified atom stereocenters. The molecule has 0 saturated carbocycles. The molecule has 1 aliphatic rings. The maximum absolute atomic E-state index is 12.2. The van der Waals surface area contributed by atoms with Crippen LogP contribution < -0.4 is 10.6 Å². The second-order valence-corrected chi connectivity index (χ2v) is 6.47. The zero-order chi connectivity index (χ0) is 14.0. The summed E-state index contributed by atoms with van der Waals surface area (Å²) in [4.78, 5) is 23.9. The van der Waals surface area contributed by atoms with Gasteiger partial charge in [-0.05, 0) is 18.0 Å². The van der Waals surface area contributed by atoms with Crippen LogP contribution in [0.1, 0.15) is 49.0 Å². The standard InChI is InChI=1S/C12H18N4O2S/c1-12(2,3)10-9(19-16-15-10)11(18)14-7-4-5-8(17)13-6-7/h7H,4-6H2,1-3H3,(H,13,17)(H,14,18). The third-order valence-corrected chi connectivity index (χ3v) is 3.73. The van der Waals surface area contributed by atoms with E-state index in [2.05, 4.69) is 20.2 Å². The van der Waals surface area contributed by atoms with Gasteiger partial charge in [0.2, 0.25) is 5.91 Å². The van der Waals surface area contributed by atoms with Gasteiger partial charge < -0.3 is 10.6 Å². The molecule has 1 aliphatic heterocycles. The number of rotatable bonds is 2. The van der Waals surface area contributed by atoms with Crippen LogP contribution in [0.25, 0.3) is 0 Å². The van der Waals surface area contributed by atoms with Crippen molar-refractivity contribution in [2.45, 2.75) is 45.1 Å². The smallest absolute Gasteiger partial charge is 0.265 e. The van der Waals surface area contributed by atoms with Crippen molar-refractivity contribution < 1.29 is 9.59 Å². The predicted molar refractivity (Wildman–Crippen MR) is 72.1 cm³/mol. The largest absolute Gasteiger partial charge is 0.354 e. The number of amides is 2. The summed E-state index contributed by atoms with van der Waals surface area (Å²) in [5.41, 5.74) is 0.510. The topological polar surface area (TPSA) is 84.0 Å². The Hall–Kier alpha value is -1.50. The van der Waals surface area contributed by atoms with Crippen molar-refractivity contribution >= 4 is 23.3 Å². The second kappa shape index (κ2) is 5.24. The number of hydrogen-bond acceptors (Lipinski definition) is 5. The van der Waals surface area contributed by atoms with Gasteiger partial charge in [0.1, 0.15) is 4.88 Å². The SMILES string of the molecule is CC(C)(C)c1nnsc1C(=O)NC1CCC(=O)NC1. The summed E-state index contributed by atoms with van der Waals surface area (Å²) in [6, 6.07) is -0.0138. The van der Waals surface area contributed by atoms with Gasteiger partial charge in [-0.2, -0.15) is 0 Å². The van der Waals surface area contributed by atoms with Crippen molar-refractivity contribution in [1.82, 2.24) is 20.2 Å². The van der Waals surface area contributed by atoms with E-state index in [-0.39, 0.29) is 23.3 Å². The Balaban J connectivity index is 2.05. The number of aromatic nitrogens is 2. The molecular weight excluding hydrogens is 264 g/mol. The highest BCUT2D eigenvalue weighted by atomic mass is 32.1. The number of carbonyl (C=O) groups excluding carboxylic acids is 2. The summed E-state index contributed by atoms with van der Waals surface area (Å²) >= 11 is 1.11. The molecule has 0 bridgehead atoms. The van der Waals surface area contributed by atoms with Crippen molar-refractivity contribution in [3.8, 4) is 0 Å². The van der Waals surface area contributed by atoms with Gasteiger partial charge in [0.15, 0.2) is 0 Å². The van der Waals surface area contributed by atoms with Gasteiger partial charge in [0.25, 0.3) is 5.91 Å². The first kappa shape index (κ1) is 13.9. The summed E-state index contributed by atoms with van der Waals surface area (Å²) < 4.78 is 3.88. The lowest BCUT2D eigenvalue weighted by atomic mass is 9.91. The van der Waals surface area contributed by atoms with Crippen LogP contribution in [0.5, 0.6) is 0 Å². The maximum atomic E-state index is 12.2. The Morgan fingerprint density at radius 1 is 1.47 bits per heavy atom. The van der Waals surface area contributed by atoms with Crippen LogP contribution in [0.4, 0.5) is 0 Å². The lowest BCUT2D eigenvalue weighted by Crippen LogP contribution is -2.47. The molecule has 1 saturated heterocycles. The normalized spacial score (nSPS) is 19.9. The minimum Gasteiger partial charge on any atom is -0.354 e. The van der Waals surface area contributed by atoms with E-state index in [1.54, 1.807) is 0 Å². The van der Waals surface area contributed by atoms with E-state index >= 15 is 0 Å². The first-order valence-electron chi connectivity index (χ1n) is 6.28. The average Bonchev–Trinajstić information content (AvgIpc) is 2.81. The number of nitrogens with zero attached hydrogens (tertiary/aromatic N) is 2. The Labute approximate surface area is 116 Å². The zero-order valence-electron chi connectivity index (χ0n) is 11.3. The van der Waals surface area contributed by atoms with Crippen LogP contribution in [0.3, 0.4) is 0 Å². The maximum Gasteiger partial charge on any atom is 0.265 e.